The van der Waals surface area contributed by atoms with Crippen molar-refractivity contribution in [3.05, 3.63) is 24.0 Å². The lowest BCUT2D eigenvalue weighted by Crippen LogP contribution is -2.02. The molecule has 9 heavy (non-hydrogen) atoms. The third-order valence-corrected chi connectivity index (χ3v) is 1.09. The van der Waals surface area contributed by atoms with Crippen LogP contribution in [0.4, 0.5) is 0 Å². The summed E-state index contributed by atoms with van der Waals surface area (Å²) in [5.41, 5.74) is 0.259. The van der Waals surface area contributed by atoms with Crippen molar-refractivity contribution >= 4 is 5.97 Å². The first-order valence-corrected chi connectivity index (χ1v) is 2.47. The molecule has 3 nitrogen and oxygen atoms in total. The topological polar surface area (TPSA) is 42.2 Å². The predicted molar refractivity (Wildman–Crippen MR) is 31.2 cm³/mol. The molecule has 0 unspecified atom stereocenters. The molecule has 1 N–H and O–H groups in total. The summed E-state index contributed by atoms with van der Waals surface area (Å²) in [5, 5.41) is 8.41. The minimum absolute atomic E-state index is 0.259. The van der Waals surface area contributed by atoms with E-state index in [9.17, 15) is 4.79 Å². The molecule has 0 saturated carbocycles. The molecule has 0 atom stereocenters. The molecule has 0 aliphatic heterocycles. The lowest BCUT2D eigenvalue weighted by molar-refractivity contribution is 0.0686. The van der Waals surface area contributed by atoms with Crippen molar-refractivity contribution in [2.45, 2.75) is 0 Å². The van der Waals surface area contributed by atoms with E-state index in [0.717, 1.165) is 0 Å². The summed E-state index contributed by atoms with van der Waals surface area (Å²) in [5.74, 6) is -0.918. The van der Waals surface area contributed by atoms with Crippen LogP contribution in [0, 0.1) is 6.07 Å². The Balaban J connectivity index is 3.08. The van der Waals surface area contributed by atoms with Crippen LogP contribution >= 0.6 is 0 Å². The Bertz CT molecular complexity index is 227. The number of hydrogen-bond donors (Lipinski definition) is 1. The highest BCUT2D eigenvalue weighted by Gasteiger charge is 2.03. The number of carboxylic acid groups (broad SMARTS) is 1. The molecule has 3 heteroatoms. The molecule has 0 amide bonds. The van der Waals surface area contributed by atoms with Crippen molar-refractivity contribution in [3.63, 3.8) is 0 Å². The second-order valence-electron chi connectivity index (χ2n) is 1.74. The van der Waals surface area contributed by atoms with Gasteiger partial charge in [0.25, 0.3) is 0 Å². The van der Waals surface area contributed by atoms with Gasteiger partial charge in [0.1, 0.15) is 5.69 Å². The van der Waals surface area contributed by atoms with E-state index in [0.29, 0.717) is 0 Å². The van der Waals surface area contributed by atoms with Crippen molar-refractivity contribution in [1.29, 1.82) is 0 Å². The van der Waals surface area contributed by atoms with Gasteiger partial charge in [-0.25, -0.2) is 4.79 Å². The Morgan fingerprint density at radius 3 is 2.78 bits per heavy atom. The van der Waals surface area contributed by atoms with Crippen LogP contribution in [0.25, 0.3) is 0 Å². The van der Waals surface area contributed by atoms with Crippen LogP contribution < -0.4 is 0 Å². The van der Waals surface area contributed by atoms with Crippen LogP contribution in [-0.4, -0.2) is 15.6 Å². The largest absolute Gasteiger partial charge is 0.477 e. The van der Waals surface area contributed by atoms with E-state index >= 15 is 0 Å². The lowest BCUT2D eigenvalue weighted by Gasteiger charge is -1.92. The summed E-state index contributed by atoms with van der Waals surface area (Å²) in [4.78, 5) is 10.2. The van der Waals surface area contributed by atoms with Gasteiger partial charge in [0, 0.05) is 19.3 Å². The second kappa shape index (κ2) is 1.93. The van der Waals surface area contributed by atoms with Crippen molar-refractivity contribution in [3.8, 4) is 0 Å². The minimum atomic E-state index is -0.918. The smallest absolute Gasteiger partial charge is 0.352 e. The molecule has 0 saturated heterocycles. The Morgan fingerprint density at radius 2 is 2.56 bits per heavy atom. The maximum atomic E-state index is 10.2. The number of aryl methyl sites for hydroxylation is 1. The summed E-state index contributed by atoms with van der Waals surface area (Å²) >= 11 is 0. The average Bonchev–Trinajstić information content (AvgIpc) is 2.13. The highest BCUT2D eigenvalue weighted by molar-refractivity contribution is 5.85. The highest BCUT2D eigenvalue weighted by Crippen LogP contribution is 1.96. The lowest BCUT2D eigenvalue weighted by atomic mass is 10.4. The molecule has 1 aromatic heterocycles. The Kier molecular flexibility index (Phi) is 1.26. The molecule has 47 valence electrons. The van der Waals surface area contributed by atoms with Crippen LogP contribution in [0.1, 0.15) is 10.5 Å². The van der Waals surface area contributed by atoms with Crippen LogP contribution in [0.5, 0.6) is 0 Å². The van der Waals surface area contributed by atoms with Crippen LogP contribution in [-0.2, 0) is 7.05 Å². The van der Waals surface area contributed by atoms with E-state index in [1.807, 2.05) is 0 Å². The zero-order valence-electron chi connectivity index (χ0n) is 4.96. The summed E-state index contributed by atoms with van der Waals surface area (Å²) < 4.78 is 1.50. The Hall–Kier alpha value is -1.25. The second-order valence-corrected chi connectivity index (χ2v) is 1.74. The summed E-state index contributed by atoms with van der Waals surface area (Å²) in [6.07, 6.45) is 1.57. The zero-order valence-corrected chi connectivity index (χ0v) is 4.96. The molecule has 0 aromatic carbocycles. The fraction of sp³-hybridized carbons (Fsp3) is 0.167. The molecular formula is C6H6NO2. The first-order chi connectivity index (χ1) is 4.22. The van der Waals surface area contributed by atoms with E-state index in [1.165, 1.54) is 10.6 Å². The number of nitrogens with zero attached hydrogens (tertiary/aromatic N) is 1. The monoisotopic (exact) mass is 124 g/mol. The van der Waals surface area contributed by atoms with Crippen molar-refractivity contribution in [1.82, 2.24) is 4.57 Å². The molecule has 1 radical (unpaired) electrons. The van der Waals surface area contributed by atoms with Gasteiger partial charge in [-0.1, -0.05) is 0 Å². The maximum absolute atomic E-state index is 10.2. The number of carboxylic acids is 1. The fourth-order valence-corrected chi connectivity index (χ4v) is 0.612. The number of carbonyl (C=O) groups is 1. The molecule has 0 aliphatic rings. The molecule has 1 aromatic rings. The fourth-order valence-electron chi connectivity index (χ4n) is 0.612. The van der Waals surface area contributed by atoms with Gasteiger partial charge in [-0.15, -0.1) is 0 Å². The number of hydrogen-bond acceptors (Lipinski definition) is 1. The highest BCUT2D eigenvalue weighted by atomic mass is 16.4. The average molecular weight is 124 g/mol. The van der Waals surface area contributed by atoms with Gasteiger partial charge < -0.3 is 9.67 Å². The van der Waals surface area contributed by atoms with Crippen molar-refractivity contribution in [2.24, 2.45) is 7.05 Å². The number of aromatic carboxylic acids is 1. The molecule has 1 rings (SSSR count). The summed E-state index contributed by atoms with van der Waals surface area (Å²) in [7, 11) is 1.67. The third kappa shape index (κ3) is 0.937. The molecular weight excluding hydrogens is 118 g/mol. The molecule has 1 heterocycles. The van der Waals surface area contributed by atoms with Crippen molar-refractivity contribution < 1.29 is 9.90 Å². The molecule has 0 fully saturated rings. The molecule has 0 spiro atoms. The standard InChI is InChI=1S/C6H6NO2/c1-7-4-2-3-5(7)6(8)9/h3-4H,1H3,(H,8,9). The van der Waals surface area contributed by atoms with E-state index in [-0.39, 0.29) is 5.69 Å². The maximum Gasteiger partial charge on any atom is 0.352 e. The van der Waals surface area contributed by atoms with Gasteiger partial charge in [-0.05, 0) is 6.07 Å². The predicted octanol–water partition coefficient (Wildman–Crippen LogP) is 0.523. The third-order valence-electron chi connectivity index (χ3n) is 1.09. The van der Waals surface area contributed by atoms with E-state index < -0.39 is 5.97 Å². The van der Waals surface area contributed by atoms with Gasteiger partial charge in [0.05, 0.1) is 0 Å². The van der Waals surface area contributed by atoms with Gasteiger partial charge in [0.2, 0.25) is 0 Å². The van der Waals surface area contributed by atoms with Gasteiger partial charge in [-0.3, -0.25) is 0 Å². The van der Waals surface area contributed by atoms with E-state index in [4.69, 9.17) is 5.11 Å². The molecule has 0 aliphatic carbocycles. The number of rotatable bonds is 1. The SMILES string of the molecule is Cn1c[c]cc1C(=O)O. The van der Waals surface area contributed by atoms with E-state index in [2.05, 4.69) is 6.07 Å². The normalized spacial score (nSPS) is 9.44. The Labute approximate surface area is 52.5 Å². The van der Waals surface area contributed by atoms with E-state index in [1.54, 1.807) is 13.2 Å². The Morgan fingerprint density at radius 1 is 1.89 bits per heavy atom. The van der Waals surface area contributed by atoms with Crippen LogP contribution in [0.2, 0.25) is 0 Å². The van der Waals surface area contributed by atoms with Gasteiger partial charge in [-0.2, -0.15) is 0 Å². The van der Waals surface area contributed by atoms with Gasteiger partial charge >= 0.3 is 5.97 Å². The number of aromatic nitrogens is 1. The molecule has 0 bridgehead atoms. The van der Waals surface area contributed by atoms with Gasteiger partial charge in [0.15, 0.2) is 0 Å². The van der Waals surface area contributed by atoms with Crippen LogP contribution in [0.3, 0.4) is 0 Å². The minimum Gasteiger partial charge on any atom is -0.477 e. The summed E-state index contributed by atoms with van der Waals surface area (Å²) in [6, 6.07) is 4.09. The first kappa shape index (κ1) is 5.88. The quantitative estimate of drug-likeness (QED) is 0.593. The summed E-state index contributed by atoms with van der Waals surface area (Å²) in [6.45, 7) is 0. The zero-order chi connectivity index (χ0) is 6.85. The first-order valence-electron chi connectivity index (χ1n) is 2.47. The van der Waals surface area contributed by atoms with Crippen LogP contribution in [0.15, 0.2) is 12.3 Å². The van der Waals surface area contributed by atoms with Crippen molar-refractivity contribution in [2.75, 3.05) is 0 Å².